The van der Waals surface area contributed by atoms with Crippen LogP contribution in [0.3, 0.4) is 0 Å². The van der Waals surface area contributed by atoms with E-state index in [0.717, 1.165) is 5.56 Å². The molecule has 0 aromatic carbocycles. The summed E-state index contributed by atoms with van der Waals surface area (Å²) in [4.78, 5) is 15.5. The van der Waals surface area contributed by atoms with E-state index in [0.29, 0.717) is 13.0 Å². The van der Waals surface area contributed by atoms with E-state index in [1.54, 1.807) is 11.3 Å². The summed E-state index contributed by atoms with van der Waals surface area (Å²) in [5, 5.41) is 6.64. The van der Waals surface area contributed by atoms with E-state index >= 15 is 0 Å². The predicted octanol–water partition coefficient (Wildman–Crippen LogP) is 1.54. The second-order valence-electron chi connectivity index (χ2n) is 3.80. The lowest BCUT2D eigenvalue weighted by molar-refractivity contribution is 0.0950. The molecule has 2 heterocycles. The maximum atomic E-state index is 13.8. The zero-order valence-corrected chi connectivity index (χ0v) is 10.8. The average Bonchev–Trinajstić information content (AvgIpc) is 2.92. The zero-order valence-electron chi connectivity index (χ0n) is 10.0. The molecule has 0 atom stereocenters. The highest BCUT2D eigenvalue weighted by atomic mass is 32.1. The van der Waals surface area contributed by atoms with Crippen LogP contribution in [0.15, 0.2) is 29.1 Å². The van der Waals surface area contributed by atoms with Crippen molar-refractivity contribution in [3.8, 4) is 0 Å². The lowest BCUT2D eigenvalue weighted by atomic mass is 10.2. The number of hydrazine groups is 1. The summed E-state index contributed by atoms with van der Waals surface area (Å²) in [7, 11) is 0. The van der Waals surface area contributed by atoms with Gasteiger partial charge in [-0.2, -0.15) is 11.3 Å². The molecule has 0 saturated heterocycles. The van der Waals surface area contributed by atoms with Gasteiger partial charge in [0.25, 0.3) is 5.91 Å². The van der Waals surface area contributed by atoms with Crippen LogP contribution in [0.5, 0.6) is 0 Å². The molecule has 0 spiro atoms. The fourth-order valence-electron chi connectivity index (χ4n) is 1.57. The highest BCUT2D eigenvalue weighted by Gasteiger charge is 2.15. The lowest BCUT2D eigenvalue weighted by Crippen LogP contribution is -2.27. The van der Waals surface area contributed by atoms with Crippen molar-refractivity contribution in [1.29, 1.82) is 0 Å². The van der Waals surface area contributed by atoms with Crippen LogP contribution in [0.1, 0.15) is 15.9 Å². The third-order valence-electron chi connectivity index (χ3n) is 2.55. The number of carbonyl (C=O) groups is 1. The van der Waals surface area contributed by atoms with E-state index in [1.165, 1.54) is 12.3 Å². The number of halogens is 1. The van der Waals surface area contributed by atoms with Gasteiger partial charge in [0.2, 0.25) is 0 Å². The van der Waals surface area contributed by atoms with Crippen molar-refractivity contribution in [3.63, 3.8) is 0 Å². The first kappa shape index (κ1) is 13.4. The maximum absolute atomic E-state index is 13.8. The third kappa shape index (κ3) is 3.27. The topological polar surface area (TPSA) is 80.0 Å². The van der Waals surface area contributed by atoms with Crippen molar-refractivity contribution in [2.75, 3.05) is 12.0 Å². The Morgan fingerprint density at radius 1 is 1.47 bits per heavy atom. The number of nitrogen functional groups attached to an aromatic ring is 1. The largest absolute Gasteiger partial charge is 0.352 e. The minimum Gasteiger partial charge on any atom is -0.352 e. The van der Waals surface area contributed by atoms with Crippen molar-refractivity contribution in [1.82, 2.24) is 10.3 Å². The van der Waals surface area contributed by atoms with Gasteiger partial charge in [0, 0.05) is 12.7 Å². The highest BCUT2D eigenvalue weighted by molar-refractivity contribution is 7.07. The SMILES string of the molecule is NNc1nccc(C(=O)NCCc2ccsc2)c1F. The van der Waals surface area contributed by atoms with Crippen molar-refractivity contribution < 1.29 is 9.18 Å². The molecule has 2 rings (SSSR count). The summed E-state index contributed by atoms with van der Waals surface area (Å²) in [6, 6.07) is 3.30. The Kier molecular flexibility index (Phi) is 4.43. The Balaban J connectivity index is 1.96. The lowest BCUT2D eigenvalue weighted by Gasteiger charge is -2.07. The molecule has 2 aromatic heterocycles. The zero-order chi connectivity index (χ0) is 13.7. The molecule has 0 aliphatic carbocycles. The van der Waals surface area contributed by atoms with Gasteiger partial charge in [0.1, 0.15) is 0 Å². The smallest absolute Gasteiger partial charge is 0.254 e. The average molecular weight is 280 g/mol. The summed E-state index contributed by atoms with van der Waals surface area (Å²) >= 11 is 1.60. The van der Waals surface area contributed by atoms with Gasteiger partial charge < -0.3 is 10.7 Å². The number of aromatic nitrogens is 1. The van der Waals surface area contributed by atoms with E-state index in [4.69, 9.17) is 5.84 Å². The molecule has 0 aliphatic heterocycles. The molecule has 1 amide bonds. The Morgan fingerprint density at radius 3 is 3.00 bits per heavy atom. The monoisotopic (exact) mass is 280 g/mol. The summed E-state index contributed by atoms with van der Waals surface area (Å²) < 4.78 is 13.8. The number of anilines is 1. The van der Waals surface area contributed by atoms with Gasteiger partial charge in [-0.15, -0.1) is 0 Å². The second kappa shape index (κ2) is 6.26. The van der Waals surface area contributed by atoms with Gasteiger partial charge in [-0.3, -0.25) is 4.79 Å². The van der Waals surface area contributed by atoms with E-state index in [1.807, 2.05) is 16.8 Å². The minimum absolute atomic E-state index is 0.0757. The predicted molar refractivity (Wildman–Crippen MR) is 72.4 cm³/mol. The first-order chi connectivity index (χ1) is 9.22. The molecule has 0 aliphatic rings. The molecule has 0 saturated carbocycles. The quantitative estimate of drug-likeness (QED) is 0.573. The van der Waals surface area contributed by atoms with Crippen molar-refractivity contribution in [2.24, 2.45) is 5.84 Å². The summed E-state index contributed by atoms with van der Waals surface area (Å²) in [5.41, 5.74) is 3.17. The third-order valence-corrected chi connectivity index (χ3v) is 3.28. The van der Waals surface area contributed by atoms with Crippen LogP contribution in [0.4, 0.5) is 10.2 Å². The van der Waals surface area contributed by atoms with E-state index < -0.39 is 11.7 Å². The number of pyridine rings is 1. The van der Waals surface area contributed by atoms with Gasteiger partial charge in [-0.05, 0) is 34.9 Å². The number of nitrogens with zero attached hydrogens (tertiary/aromatic N) is 1. The standard InChI is InChI=1S/C12H13FN4OS/c13-10-9(2-5-15-11(10)17-14)12(18)16-4-1-8-3-6-19-7-8/h2-3,5-7H,1,4,14H2,(H,15,17)(H,16,18). The number of carbonyl (C=O) groups excluding carboxylic acids is 1. The van der Waals surface area contributed by atoms with Crippen LogP contribution < -0.4 is 16.6 Å². The van der Waals surface area contributed by atoms with E-state index in [-0.39, 0.29) is 11.4 Å². The minimum atomic E-state index is -0.752. The van der Waals surface area contributed by atoms with Gasteiger partial charge >= 0.3 is 0 Å². The second-order valence-corrected chi connectivity index (χ2v) is 4.58. The van der Waals surface area contributed by atoms with Crippen molar-refractivity contribution >= 4 is 23.1 Å². The Hall–Kier alpha value is -1.99. The van der Waals surface area contributed by atoms with E-state index in [9.17, 15) is 9.18 Å². The van der Waals surface area contributed by atoms with Gasteiger partial charge in [-0.25, -0.2) is 15.2 Å². The number of nitrogens with one attached hydrogen (secondary N) is 2. The molecule has 4 N–H and O–H groups in total. The molecule has 19 heavy (non-hydrogen) atoms. The number of amides is 1. The fraction of sp³-hybridized carbons (Fsp3) is 0.167. The first-order valence-electron chi connectivity index (χ1n) is 5.62. The van der Waals surface area contributed by atoms with Crippen LogP contribution in [0.25, 0.3) is 0 Å². The molecule has 2 aromatic rings. The van der Waals surface area contributed by atoms with Crippen molar-refractivity contribution in [2.45, 2.75) is 6.42 Å². The number of rotatable bonds is 5. The van der Waals surface area contributed by atoms with Gasteiger partial charge in [0.15, 0.2) is 11.6 Å². The normalized spacial score (nSPS) is 10.2. The highest BCUT2D eigenvalue weighted by Crippen LogP contribution is 2.13. The maximum Gasteiger partial charge on any atom is 0.254 e. The molecule has 0 radical (unpaired) electrons. The van der Waals surface area contributed by atoms with E-state index in [2.05, 4.69) is 15.7 Å². The number of thiophene rings is 1. The molecule has 0 bridgehead atoms. The molecule has 0 fully saturated rings. The number of hydrogen-bond acceptors (Lipinski definition) is 5. The summed E-state index contributed by atoms with van der Waals surface area (Å²) in [6.45, 7) is 0.447. The fourth-order valence-corrected chi connectivity index (χ4v) is 2.27. The number of nitrogens with two attached hydrogens (primary N) is 1. The molecular weight excluding hydrogens is 267 g/mol. The summed E-state index contributed by atoms with van der Waals surface area (Å²) in [6.07, 6.45) is 2.04. The first-order valence-corrected chi connectivity index (χ1v) is 6.57. The molecule has 5 nitrogen and oxygen atoms in total. The molecule has 7 heteroatoms. The molecule has 100 valence electrons. The van der Waals surface area contributed by atoms with Gasteiger partial charge in [0.05, 0.1) is 5.56 Å². The molecular formula is C12H13FN4OS. The van der Waals surface area contributed by atoms with Crippen LogP contribution in [0.2, 0.25) is 0 Å². The summed E-state index contributed by atoms with van der Waals surface area (Å²) in [5.74, 6) is 3.72. The van der Waals surface area contributed by atoms with Crippen LogP contribution in [0, 0.1) is 5.82 Å². The van der Waals surface area contributed by atoms with Crippen LogP contribution >= 0.6 is 11.3 Å². The van der Waals surface area contributed by atoms with Crippen molar-refractivity contribution in [3.05, 3.63) is 46.0 Å². The van der Waals surface area contributed by atoms with Gasteiger partial charge in [-0.1, -0.05) is 0 Å². The Bertz CT molecular complexity index is 559. The van der Waals surface area contributed by atoms with Crippen LogP contribution in [-0.2, 0) is 6.42 Å². The Morgan fingerprint density at radius 2 is 2.32 bits per heavy atom. The Labute approximate surface area is 113 Å². The molecule has 0 unspecified atom stereocenters. The van der Waals surface area contributed by atoms with Crippen LogP contribution in [-0.4, -0.2) is 17.4 Å². The number of hydrogen-bond donors (Lipinski definition) is 3.